The Kier molecular flexibility index (Phi) is 20.0. The number of hydrogen-bond donors (Lipinski definition) is 2. The van der Waals surface area contributed by atoms with E-state index in [1.54, 1.807) is 5.57 Å². The highest BCUT2D eigenvalue weighted by Gasteiger charge is 2.52. The van der Waals surface area contributed by atoms with Crippen molar-refractivity contribution in [3.63, 3.8) is 0 Å². The fourth-order valence-corrected chi connectivity index (χ4v) is 21.7. The standard InChI is InChI=1S/C50H96O5Si3/c1-16-56(17-2,18-3)53-47(49(13,14)55-58(22-7,23-8)24-9)34-31-41(27-25-35-48(11,12)54-57(19-4,20-5)21-6)45-33-32-44-40(28-26-36-50(44,45)15)29-30-42-37-43(51)38-46(52)39(42)10/h29-30,41,43-47,51-52H,10,16-28,31-38H2,1-9,11-15H3/b40-29+,42-30-/t41-,43+,44-,45+,46-,47+,50-/m0/s1. The van der Waals surface area contributed by atoms with Gasteiger partial charge in [0.2, 0.25) is 0 Å². The van der Waals surface area contributed by atoms with E-state index in [-0.39, 0.29) is 22.7 Å². The second-order valence-electron chi connectivity index (χ2n) is 20.8. The molecule has 3 aliphatic rings. The summed E-state index contributed by atoms with van der Waals surface area (Å²) in [5, 5.41) is 21.0. The summed E-state index contributed by atoms with van der Waals surface area (Å²) >= 11 is 0. The highest BCUT2D eigenvalue weighted by molar-refractivity contribution is 6.74. The number of hydrogen-bond acceptors (Lipinski definition) is 5. The number of allylic oxidation sites excluding steroid dienone is 3. The smallest absolute Gasteiger partial charge is 0.192 e. The summed E-state index contributed by atoms with van der Waals surface area (Å²) in [5.41, 5.74) is 3.25. The normalized spacial score (nSPS) is 27.7. The fraction of sp³-hybridized carbons (Fsp3) is 0.880. The van der Waals surface area contributed by atoms with Gasteiger partial charge in [0.05, 0.1) is 29.5 Å². The van der Waals surface area contributed by atoms with Gasteiger partial charge in [-0.3, -0.25) is 0 Å². The molecule has 2 N–H and O–H groups in total. The molecule has 0 amide bonds. The first-order valence-corrected chi connectivity index (χ1v) is 32.4. The van der Waals surface area contributed by atoms with Crippen LogP contribution in [-0.4, -0.2) is 64.7 Å². The van der Waals surface area contributed by atoms with Crippen molar-refractivity contribution in [1.29, 1.82) is 0 Å². The molecular formula is C50H96O5Si3. The van der Waals surface area contributed by atoms with E-state index in [0.29, 0.717) is 30.6 Å². The molecule has 5 nitrogen and oxygen atoms in total. The van der Waals surface area contributed by atoms with Crippen molar-refractivity contribution in [1.82, 2.24) is 0 Å². The maximum atomic E-state index is 10.6. The van der Waals surface area contributed by atoms with Crippen LogP contribution in [0.3, 0.4) is 0 Å². The van der Waals surface area contributed by atoms with Crippen molar-refractivity contribution >= 4 is 25.0 Å². The molecule has 338 valence electrons. The third kappa shape index (κ3) is 12.7. The van der Waals surface area contributed by atoms with Gasteiger partial charge in [-0.15, -0.1) is 0 Å². The topological polar surface area (TPSA) is 68.2 Å². The fourth-order valence-electron chi connectivity index (χ4n) is 12.3. The lowest BCUT2D eigenvalue weighted by Crippen LogP contribution is -2.54. The maximum absolute atomic E-state index is 10.6. The van der Waals surface area contributed by atoms with E-state index in [0.717, 1.165) is 48.5 Å². The number of fused-ring (bicyclic) bond motifs is 1. The van der Waals surface area contributed by atoms with Crippen molar-refractivity contribution in [3.8, 4) is 0 Å². The minimum absolute atomic E-state index is 0.0933. The van der Waals surface area contributed by atoms with E-state index in [4.69, 9.17) is 13.3 Å². The minimum Gasteiger partial charge on any atom is -0.412 e. The lowest BCUT2D eigenvalue weighted by atomic mass is 9.60. The summed E-state index contributed by atoms with van der Waals surface area (Å²) in [7, 11) is -5.48. The van der Waals surface area contributed by atoms with Crippen LogP contribution in [0.4, 0.5) is 0 Å². The van der Waals surface area contributed by atoms with Crippen LogP contribution in [0.5, 0.6) is 0 Å². The van der Waals surface area contributed by atoms with E-state index in [1.807, 2.05) is 0 Å². The van der Waals surface area contributed by atoms with Crippen molar-refractivity contribution in [2.75, 3.05) is 0 Å². The van der Waals surface area contributed by atoms with Gasteiger partial charge in [0.1, 0.15) is 0 Å². The Bertz CT molecular complexity index is 1300. The summed E-state index contributed by atoms with van der Waals surface area (Å²) in [5.74, 6) is 1.89. The predicted octanol–water partition coefficient (Wildman–Crippen LogP) is 14.7. The first-order chi connectivity index (χ1) is 27.3. The second-order valence-corrected chi connectivity index (χ2v) is 34.9. The van der Waals surface area contributed by atoms with Crippen LogP contribution in [0, 0.1) is 23.2 Å². The van der Waals surface area contributed by atoms with Gasteiger partial charge in [-0.2, -0.15) is 0 Å². The molecule has 58 heavy (non-hydrogen) atoms. The van der Waals surface area contributed by atoms with Gasteiger partial charge in [-0.05, 0) is 174 Å². The lowest BCUT2D eigenvalue weighted by Gasteiger charge is -2.48. The Morgan fingerprint density at radius 1 is 0.759 bits per heavy atom. The monoisotopic (exact) mass is 861 g/mol. The van der Waals surface area contributed by atoms with Crippen LogP contribution in [0.1, 0.15) is 174 Å². The summed E-state index contributed by atoms with van der Waals surface area (Å²) in [6.07, 6.45) is 16.6. The Morgan fingerprint density at radius 2 is 1.31 bits per heavy atom. The Morgan fingerprint density at radius 3 is 1.86 bits per heavy atom. The lowest BCUT2D eigenvalue weighted by molar-refractivity contribution is -0.0376. The SMILES string of the molecule is C=C1/C(=C\C=C2/CCC[C@]3(C)[C@@H]([C@@H](CCCC(C)(C)O[Si](CC)(CC)CC)CC[C@@H](O[Si](CC)(CC)CC)C(C)(C)O[Si](CC)(CC)CC)CC[C@@H]23)C[C@@H](O)C[C@@H]1O. The van der Waals surface area contributed by atoms with E-state index in [1.165, 1.54) is 81.2 Å². The molecule has 0 saturated heterocycles. The second kappa shape index (κ2) is 22.3. The van der Waals surface area contributed by atoms with Gasteiger partial charge in [-0.1, -0.05) is 106 Å². The van der Waals surface area contributed by atoms with Crippen LogP contribution in [0.2, 0.25) is 54.4 Å². The summed E-state index contributed by atoms with van der Waals surface area (Å²) < 4.78 is 22.3. The summed E-state index contributed by atoms with van der Waals surface area (Å²) in [6.45, 7) is 37.7. The van der Waals surface area contributed by atoms with Crippen LogP contribution >= 0.6 is 0 Å². The zero-order valence-electron chi connectivity index (χ0n) is 40.8. The van der Waals surface area contributed by atoms with Gasteiger partial charge in [-0.25, -0.2) is 0 Å². The maximum Gasteiger partial charge on any atom is 0.192 e. The van der Waals surface area contributed by atoms with Crippen LogP contribution in [0.25, 0.3) is 0 Å². The Hall–Kier alpha value is -0.329. The molecule has 3 fully saturated rings. The highest BCUT2D eigenvalue weighted by atomic mass is 28.4. The van der Waals surface area contributed by atoms with Gasteiger partial charge in [0, 0.05) is 6.42 Å². The average molecular weight is 862 g/mol. The van der Waals surface area contributed by atoms with E-state index in [2.05, 4.69) is 116 Å². The van der Waals surface area contributed by atoms with Gasteiger partial charge in [0.15, 0.2) is 25.0 Å². The molecule has 8 heteroatoms. The van der Waals surface area contributed by atoms with Crippen LogP contribution in [0.15, 0.2) is 35.5 Å². The third-order valence-electron chi connectivity index (χ3n) is 17.0. The van der Waals surface area contributed by atoms with Crippen molar-refractivity contribution in [3.05, 3.63) is 35.5 Å². The van der Waals surface area contributed by atoms with E-state index in [9.17, 15) is 10.2 Å². The zero-order valence-corrected chi connectivity index (χ0v) is 43.8. The van der Waals surface area contributed by atoms with Gasteiger partial charge < -0.3 is 23.5 Å². The molecule has 0 aromatic heterocycles. The molecule has 7 atom stereocenters. The molecule has 0 unspecified atom stereocenters. The Labute approximate surface area is 363 Å². The first kappa shape index (κ1) is 52.0. The molecule has 0 heterocycles. The minimum atomic E-state index is -1.90. The molecule has 0 radical (unpaired) electrons. The largest absolute Gasteiger partial charge is 0.412 e. The number of rotatable bonds is 25. The molecule has 0 aliphatic heterocycles. The van der Waals surface area contributed by atoms with E-state index >= 15 is 0 Å². The van der Waals surface area contributed by atoms with E-state index < -0.39 is 37.2 Å². The predicted molar refractivity (Wildman–Crippen MR) is 258 cm³/mol. The zero-order chi connectivity index (χ0) is 43.6. The van der Waals surface area contributed by atoms with Crippen molar-refractivity contribution in [2.24, 2.45) is 23.2 Å². The number of aliphatic hydroxyl groups is 2. The molecule has 3 rings (SSSR count). The Balaban J connectivity index is 2.01. The molecule has 0 spiro atoms. The molecule has 3 aliphatic carbocycles. The average Bonchev–Trinajstić information content (AvgIpc) is 3.56. The molecule has 3 saturated carbocycles. The third-order valence-corrected chi connectivity index (χ3v) is 31.3. The molecule has 0 bridgehead atoms. The number of aliphatic hydroxyl groups excluding tert-OH is 2. The highest BCUT2D eigenvalue weighted by Crippen LogP contribution is 2.61. The van der Waals surface area contributed by atoms with Crippen LogP contribution in [-0.2, 0) is 13.3 Å². The van der Waals surface area contributed by atoms with Crippen molar-refractivity contribution < 1.29 is 23.5 Å². The molecular weight excluding hydrogens is 765 g/mol. The quantitative estimate of drug-likeness (QED) is 0.0895. The molecule has 0 aromatic carbocycles. The van der Waals surface area contributed by atoms with Gasteiger partial charge in [0.25, 0.3) is 0 Å². The molecule has 0 aromatic rings. The summed E-state index contributed by atoms with van der Waals surface area (Å²) in [6, 6.07) is 10.6. The summed E-state index contributed by atoms with van der Waals surface area (Å²) in [4.78, 5) is 0. The van der Waals surface area contributed by atoms with Crippen molar-refractivity contribution in [2.45, 2.75) is 258 Å². The van der Waals surface area contributed by atoms with Gasteiger partial charge >= 0.3 is 0 Å². The first-order valence-electron chi connectivity index (χ1n) is 24.8. The van der Waals surface area contributed by atoms with Crippen LogP contribution < -0.4 is 0 Å².